The highest BCUT2D eigenvalue weighted by atomic mass is 35.5. The summed E-state index contributed by atoms with van der Waals surface area (Å²) in [5.41, 5.74) is 2.86. The molecule has 0 N–H and O–H groups in total. The van der Waals surface area contributed by atoms with Crippen LogP contribution in [0, 0.1) is 0 Å². The van der Waals surface area contributed by atoms with Crippen LogP contribution in [0.4, 0.5) is 0 Å². The molecular weight excluding hydrogens is 344 g/mol. The fourth-order valence-corrected chi connectivity index (χ4v) is 3.79. The Morgan fingerprint density at radius 3 is 2.73 bits per heavy atom. The predicted molar refractivity (Wildman–Crippen MR) is 107 cm³/mol. The van der Waals surface area contributed by atoms with E-state index in [2.05, 4.69) is 36.4 Å². The van der Waals surface area contributed by atoms with Gasteiger partial charge in [-0.15, -0.1) is 0 Å². The normalized spacial score (nSPS) is 15.0. The Kier molecular flexibility index (Phi) is 3.44. The maximum atomic E-state index is 12.8. The van der Waals surface area contributed by atoms with Crippen molar-refractivity contribution in [2.45, 2.75) is 13.0 Å². The molecule has 2 heterocycles. The van der Waals surface area contributed by atoms with Gasteiger partial charge in [0.1, 0.15) is 5.82 Å². The lowest BCUT2D eigenvalue weighted by molar-refractivity contribution is 0.725. The molecule has 0 saturated heterocycles. The number of halogens is 1. The molecule has 126 valence electrons. The van der Waals surface area contributed by atoms with Crippen molar-refractivity contribution in [3.63, 3.8) is 0 Å². The molecule has 0 radical (unpaired) electrons. The number of hydrogen-bond donors (Lipinski definition) is 0. The van der Waals surface area contributed by atoms with Crippen LogP contribution in [0.3, 0.4) is 0 Å². The minimum absolute atomic E-state index is 0.00331. The number of nitrogens with zero attached hydrogens (tertiary/aromatic N) is 2. The van der Waals surface area contributed by atoms with E-state index in [1.165, 1.54) is 10.8 Å². The molecule has 0 aliphatic carbocycles. The first-order valence-electron chi connectivity index (χ1n) is 8.59. The summed E-state index contributed by atoms with van der Waals surface area (Å²) in [5, 5.41) is 3.63. The Balaban J connectivity index is 1.67. The van der Waals surface area contributed by atoms with Crippen LogP contribution in [0.2, 0.25) is 5.02 Å². The standard InChI is InChI=1S/C22H15ClN2O/c23-18-7-8-19-20(13-18)24-21-17(9-10-25(21)22(19)26)12-14-5-6-15-3-1-2-4-16(15)11-14/h1-8,11-13H,9-10H2/b17-12+. The Bertz CT molecular complexity index is 1270. The number of fused-ring (bicyclic) bond motifs is 3. The van der Waals surface area contributed by atoms with Gasteiger partial charge in [0, 0.05) is 11.6 Å². The van der Waals surface area contributed by atoms with E-state index in [1.54, 1.807) is 22.8 Å². The van der Waals surface area contributed by atoms with Crippen molar-refractivity contribution in [3.05, 3.63) is 87.4 Å². The van der Waals surface area contributed by atoms with Gasteiger partial charge >= 0.3 is 0 Å². The summed E-state index contributed by atoms with van der Waals surface area (Å²) in [4.78, 5) is 17.5. The van der Waals surface area contributed by atoms with Crippen molar-refractivity contribution >= 4 is 44.9 Å². The summed E-state index contributed by atoms with van der Waals surface area (Å²) in [6.07, 6.45) is 2.94. The summed E-state index contributed by atoms with van der Waals surface area (Å²) in [6.45, 7) is 0.666. The van der Waals surface area contributed by atoms with Crippen molar-refractivity contribution in [2.24, 2.45) is 0 Å². The zero-order valence-corrected chi connectivity index (χ0v) is 14.7. The lowest BCUT2D eigenvalue weighted by Crippen LogP contribution is -2.20. The monoisotopic (exact) mass is 358 g/mol. The minimum Gasteiger partial charge on any atom is -0.292 e. The third-order valence-electron chi connectivity index (χ3n) is 4.92. The molecule has 3 aromatic carbocycles. The number of hydrogen-bond acceptors (Lipinski definition) is 2. The second kappa shape index (κ2) is 5.82. The molecule has 1 aliphatic rings. The molecule has 5 rings (SSSR count). The number of aromatic nitrogens is 2. The van der Waals surface area contributed by atoms with Crippen LogP contribution in [0.5, 0.6) is 0 Å². The minimum atomic E-state index is 0.00331. The van der Waals surface area contributed by atoms with Gasteiger partial charge in [-0.1, -0.05) is 48.0 Å². The lowest BCUT2D eigenvalue weighted by Gasteiger charge is -2.06. The Morgan fingerprint density at radius 2 is 1.85 bits per heavy atom. The molecule has 0 atom stereocenters. The number of allylic oxidation sites excluding steroid dienone is 1. The molecule has 0 saturated carbocycles. The van der Waals surface area contributed by atoms with Crippen molar-refractivity contribution < 1.29 is 0 Å². The number of rotatable bonds is 1. The zero-order valence-electron chi connectivity index (χ0n) is 13.9. The smallest absolute Gasteiger partial charge is 0.261 e. The van der Waals surface area contributed by atoms with Crippen LogP contribution in [-0.2, 0) is 6.54 Å². The van der Waals surface area contributed by atoms with Gasteiger partial charge in [0.25, 0.3) is 5.56 Å². The van der Waals surface area contributed by atoms with Crippen molar-refractivity contribution in [1.29, 1.82) is 0 Å². The van der Waals surface area contributed by atoms with Gasteiger partial charge in [-0.2, -0.15) is 0 Å². The Hall–Kier alpha value is -2.91. The average Bonchev–Trinajstić information content (AvgIpc) is 3.04. The highest BCUT2D eigenvalue weighted by Crippen LogP contribution is 2.29. The quantitative estimate of drug-likeness (QED) is 0.471. The van der Waals surface area contributed by atoms with E-state index in [0.29, 0.717) is 22.5 Å². The van der Waals surface area contributed by atoms with Crippen LogP contribution in [0.1, 0.15) is 17.8 Å². The Labute approximate surface area is 155 Å². The maximum absolute atomic E-state index is 12.8. The van der Waals surface area contributed by atoms with E-state index in [0.717, 1.165) is 23.4 Å². The fourth-order valence-electron chi connectivity index (χ4n) is 3.63. The molecule has 4 heteroatoms. The predicted octanol–water partition coefficient (Wildman–Crippen LogP) is 5.15. The first-order chi connectivity index (χ1) is 12.7. The number of benzene rings is 3. The third-order valence-corrected chi connectivity index (χ3v) is 5.16. The Morgan fingerprint density at radius 1 is 1.00 bits per heavy atom. The van der Waals surface area contributed by atoms with Crippen molar-refractivity contribution in [3.8, 4) is 0 Å². The van der Waals surface area contributed by atoms with E-state index in [4.69, 9.17) is 16.6 Å². The van der Waals surface area contributed by atoms with E-state index >= 15 is 0 Å². The first-order valence-corrected chi connectivity index (χ1v) is 8.97. The molecule has 26 heavy (non-hydrogen) atoms. The summed E-state index contributed by atoms with van der Waals surface area (Å²) >= 11 is 6.08. The molecule has 0 bridgehead atoms. The molecule has 0 fully saturated rings. The largest absolute Gasteiger partial charge is 0.292 e. The van der Waals surface area contributed by atoms with Gasteiger partial charge in [-0.25, -0.2) is 4.98 Å². The molecule has 3 nitrogen and oxygen atoms in total. The van der Waals surface area contributed by atoms with Crippen LogP contribution in [0.15, 0.2) is 65.5 Å². The highest BCUT2D eigenvalue weighted by molar-refractivity contribution is 6.31. The summed E-state index contributed by atoms with van der Waals surface area (Å²) < 4.78 is 1.77. The van der Waals surface area contributed by atoms with E-state index in [1.807, 2.05) is 12.1 Å². The van der Waals surface area contributed by atoms with Gasteiger partial charge in [-0.3, -0.25) is 9.36 Å². The molecule has 4 aromatic rings. The molecular formula is C22H15ClN2O. The average molecular weight is 359 g/mol. The topological polar surface area (TPSA) is 34.9 Å². The molecule has 0 amide bonds. The van der Waals surface area contributed by atoms with Gasteiger partial charge in [0.15, 0.2) is 0 Å². The SMILES string of the molecule is O=c1c2ccc(Cl)cc2nc2n1CC/C2=C\c1ccc2ccccc2c1. The van der Waals surface area contributed by atoms with Crippen LogP contribution >= 0.6 is 11.6 Å². The van der Waals surface area contributed by atoms with E-state index in [9.17, 15) is 4.79 Å². The lowest BCUT2D eigenvalue weighted by atomic mass is 10.0. The molecule has 0 unspecified atom stereocenters. The molecule has 1 aromatic heterocycles. The highest BCUT2D eigenvalue weighted by Gasteiger charge is 2.20. The van der Waals surface area contributed by atoms with Gasteiger partial charge in [0.05, 0.1) is 10.9 Å². The first kappa shape index (κ1) is 15.4. The second-order valence-corrected chi connectivity index (χ2v) is 7.02. The van der Waals surface area contributed by atoms with Gasteiger partial charge in [0.2, 0.25) is 0 Å². The van der Waals surface area contributed by atoms with Crippen LogP contribution in [0.25, 0.3) is 33.3 Å². The fraction of sp³-hybridized carbons (Fsp3) is 0.0909. The molecule has 1 aliphatic heterocycles. The van der Waals surface area contributed by atoms with Crippen LogP contribution < -0.4 is 5.56 Å². The van der Waals surface area contributed by atoms with Gasteiger partial charge in [-0.05, 0) is 58.7 Å². The summed E-state index contributed by atoms with van der Waals surface area (Å²) in [5.74, 6) is 0.748. The summed E-state index contributed by atoms with van der Waals surface area (Å²) in [6, 6.07) is 19.9. The van der Waals surface area contributed by atoms with Crippen LogP contribution in [-0.4, -0.2) is 9.55 Å². The van der Waals surface area contributed by atoms with E-state index < -0.39 is 0 Å². The summed E-state index contributed by atoms with van der Waals surface area (Å²) in [7, 11) is 0. The maximum Gasteiger partial charge on any atom is 0.261 e. The van der Waals surface area contributed by atoms with Gasteiger partial charge < -0.3 is 0 Å². The third kappa shape index (κ3) is 2.44. The zero-order chi connectivity index (χ0) is 17.7. The second-order valence-electron chi connectivity index (χ2n) is 6.58. The van der Waals surface area contributed by atoms with Crippen molar-refractivity contribution in [1.82, 2.24) is 9.55 Å². The van der Waals surface area contributed by atoms with Crippen molar-refractivity contribution in [2.75, 3.05) is 0 Å². The van der Waals surface area contributed by atoms with E-state index in [-0.39, 0.29) is 5.56 Å². The molecule has 0 spiro atoms.